The quantitative estimate of drug-likeness (QED) is 0.379. The maximum Gasteiger partial charge on any atom is 0.243 e. The minimum atomic E-state index is -3.61. The minimum absolute atomic E-state index is 0.0426. The first-order valence-electron chi connectivity index (χ1n) is 13.2. The minimum Gasteiger partial charge on any atom is -0.352 e. The Morgan fingerprint density at radius 2 is 1.79 bits per heavy atom. The zero-order valence-electron chi connectivity index (χ0n) is 22.0. The van der Waals surface area contributed by atoms with Crippen molar-refractivity contribution in [1.82, 2.24) is 10.2 Å². The summed E-state index contributed by atoms with van der Waals surface area (Å²) in [5.41, 5.74) is 1.13. The summed E-state index contributed by atoms with van der Waals surface area (Å²) in [6.07, 6.45) is 6.99. The number of amides is 2. The zero-order chi connectivity index (χ0) is 27.7. The van der Waals surface area contributed by atoms with Crippen molar-refractivity contribution in [2.24, 2.45) is 0 Å². The fourth-order valence-corrected chi connectivity index (χ4v) is 6.03. The fraction of sp³-hybridized carbons (Fsp3) is 0.500. The van der Waals surface area contributed by atoms with E-state index in [1.165, 1.54) is 27.8 Å². The van der Waals surface area contributed by atoms with Gasteiger partial charge in [0.2, 0.25) is 21.8 Å². The molecule has 7 nitrogen and oxygen atoms in total. The highest BCUT2D eigenvalue weighted by atomic mass is 35.5. The average Bonchev–Trinajstić information content (AvgIpc) is 2.87. The lowest BCUT2D eigenvalue weighted by Crippen LogP contribution is -2.51. The number of nitrogens with zero attached hydrogens (tertiary/aromatic N) is 2. The van der Waals surface area contributed by atoms with Crippen molar-refractivity contribution in [3.63, 3.8) is 0 Å². The Balaban J connectivity index is 1.75. The van der Waals surface area contributed by atoms with Crippen LogP contribution in [-0.2, 0) is 26.2 Å². The van der Waals surface area contributed by atoms with Crippen LogP contribution in [0.5, 0.6) is 0 Å². The van der Waals surface area contributed by atoms with Crippen LogP contribution in [0.15, 0.2) is 48.5 Å². The number of benzene rings is 2. The van der Waals surface area contributed by atoms with Crippen molar-refractivity contribution in [3.8, 4) is 0 Å². The van der Waals surface area contributed by atoms with Crippen molar-refractivity contribution in [2.75, 3.05) is 17.1 Å². The molecule has 1 aliphatic rings. The zero-order valence-corrected chi connectivity index (χ0v) is 23.6. The summed E-state index contributed by atoms with van der Waals surface area (Å²) >= 11 is 6.06. The van der Waals surface area contributed by atoms with E-state index in [1.807, 2.05) is 6.92 Å². The van der Waals surface area contributed by atoms with E-state index in [0.717, 1.165) is 31.9 Å². The molecule has 0 bridgehead atoms. The van der Waals surface area contributed by atoms with Crippen LogP contribution in [0.4, 0.5) is 10.1 Å². The summed E-state index contributed by atoms with van der Waals surface area (Å²) < 4.78 is 39.6. The SMILES string of the molecule is CC[C@@H](C(=O)NC1CCCCC1)N(Cc1ccc(F)cc1)C(=O)CCCN(c1cccc(Cl)c1)S(C)(=O)=O. The first-order valence-corrected chi connectivity index (χ1v) is 15.4. The molecule has 0 saturated heterocycles. The molecular formula is C28H37ClFN3O4S. The Bertz CT molecular complexity index is 1190. The predicted octanol–water partition coefficient (Wildman–Crippen LogP) is 5.28. The molecule has 10 heteroatoms. The van der Waals surface area contributed by atoms with E-state index in [0.29, 0.717) is 22.7 Å². The van der Waals surface area contributed by atoms with Gasteiger partial charge in [-0.3, -0.25) is 13.9 Å². The third-order valence-electron chi connectivity index (χ3n) is 6.85. The van der Waals surface area contributed by atoms with Crippen LogP contribution >= 0.6 is 11.6 Å². The number of nitrogens with one attached hydrogen (secondary N) is 1. The second-order valence-corrected chi connectivity index (χ2v) is 12.2. The van der Waals surface area contributed by atoms with Crippen molar-refractivity contribution >= 4 is 39.1 Å². The summed E-state index contributed by atoms with van der Waals surface area (Å²) in [7, 11) is -3.61. The van der Waals surface area contributed by atoms with Gasteiger partial charge in [0.15, 0.2) is 0 Å². The van der Waals surface area contributed by atoms with Crippen LogP contribution in [0.3, 0.4) is 0 Å². The van der Waals surface area contributed by atoms with Gasteiger partial charge in [0.05, 0.1) is 11.9 Å². The van der Waals surface area contributed by atoms with E-state index in [9.17, 15) is 22.4 Å². The van der Waals surface area contributed by atoms with Crippen molar-refractivity contribution < 1.29 is 22.4 Å². The third-order valence-corrected chi connectivity index (χ3v) is 8.28. The Morgan fingerprint density at radius 3 is 2.39 bits per heavy atom. The Kier molecular flexibility index (Phi) is 11.0. The van der Waals surface area contributed by atoms with E-state index in [4.69, 9.17) is 11.6 Å². The number of halogens is 2. The highest BCUT2D eigenvalue weighted by molar-refractivity contribution is 7.92. The van der Waals surface area contributed by atoms with Gasteiger partial charge in [-0.25, -0.2) is 12.8 Å². The summed E-state index contributed by atoms with van der Waals surface area (Å²) in [6, 6.07) is 11.8. The molecule has 2 aromatic rings. The topological polar surface area (TPSA) is 86.8 Å². The summed E-state index contributed by atoms with van der Waals surface area (Å²) in [5, 5.41) is 3.54. The smallest absolute Gasteiger partial charge is 0.243 e. The van der Waals surface area contributed by atoms with Gasteiger partial charge >= 0.3 is 0 Å². The van der Waals surface area contributed by atoms with E-state index in [-0.39, 0.29) is 49.6 Å². The molecule has 1 atom stereocenters. The lowest BCUT2D eigenvalue weighted by molar-refractivity contribution is -0.141. The van der Waals surface area contributed by atoms with Gasteiger partial charge in [0, 0.05) is 30.6 Å². The number of rotatable bonds is 12. The average molecular weight is 566 g/mol. The molecular weight excluding hydrogens is 529 g/mol. The molecule has 208 valence electrons. The van der Waals surface area contributed by atoms with Gasteiger partial charge in [0.25, 0.3) is 0 Å². The van der Waals surface area contributed by atoms with Gasteiger partial charge < -0.3 is 10.2 Å². The van der Waals surface area contributed by atoms with E-state index < -0.39 is 16.1 Å². The van der Waals surface area contributed by atoms with Gasteiger partial charge in [-0.15, -0.1) is 0 Å². The molecule has 0 heterocycles. The van der Waals surface area contributed by atoms with Crippen LogP contribution in [0.1, 0.15) is 63.9 Å². The number of hydrogen-bond acceptors (Lipinski definition) is 4. The molecule has 38 heavy (non-hydrogen) atoms. The lowest BCUT2D eigenvalue weighted by Gasteiger charge is -2.33. The standard InChI is InChI=1S/C28H37ClFN3O4S/c1-3-26(28(35)31-24-10-5-4-6-11-24)32(20-21-14-16-23(30)17-15-21)27(34)13-8-18-33(38(2,36)37)25-12-7-9-22(29)19-25/h7,9,12,14-17,19,24,26H,3-6,8,10-11,13,18,20H2,1-2H3,(H,31,35)/t26-/m0/s1. The van der Waals surface area contributed by atoms with Gasteiger partial charge in [-0.1, -0.05) is 56.0 Å². The maximum atomic E-state index is 13.5. The molecule has 1 saturated carbocycles. The predicted molar refractivity (Wildman–Crippen MR) is 149 cm³/mol. The molecule has 0 unspecified atom stereocenters. The van der Waals surface area contributed by atoms with Gasteiger partial charge in [0.1, 0.15) is 11.9 Å². The number of sulfonamides is 1. The highest BCUT2D eigenvalue weighted by Crippen LogP contribution is 2.23. The van der Waals surface area contributed by atoms with Crippen LogP contribution < -0.4 is 9.62 Å². The van der Waals surface area contributed by atoms with E-state index >= 15 is 0 Å². The van der Waals surface area contributed by atoms with Crippen molar-refractivity contribution in [2.45, 2.75) is 76.9 Å². The molecule has 3 rings (SSSR count). The highest BCUT2D eigenvalue weighted by Gasteiger charge is 2.30. The van der Waals surface area contributed by atoms with Crippen molar-refractivity contribution in [1.29, 1.82) is 0 Å². The first-order chi connectivity index (χ1) is 18.1. The molecule has 0 aliphatic heterocycles. The second-order valence-electron chi connectivity index (χ2n) is 9.83. The molecule has 1 N–H and O–H groups in total. The molecule has 1 aliphatic carbocycles. The monoisotopic (exact) mass is 565 g/mol. The van der Waals surface area contributed by atoms with E-state index in [1.54, 1.807) is 36.4 Å². The summed E-state index contributed by atoms with van der Waals surface area (Å²) in [5.74, 6) is -0.832. The summed E-state index contributed by atoms with van der Waals surface area (Å²) in [4.78, 5) is 28.4. The van der Waals surface area contributed by atoms with Crippen LogP contribution in [0, 0.1) is 5.82 Å². The fourth-order valence-electron chi connectivity index (χ4n) is 4.89. The van der Waals surface area contributed by atoms with E-state index in [2.05, 4.69) is 5.32 Å². The lowest BCUT2D eigenvalue weighted by atomic mass is 9.95. The molecule has 1 fully saturated rings. The third kappa shape index (κ3) is 8.70. The van der Waals surface area contributed by atoms with Crippen LogP contribution in [0.25, 0.3) is 0 Å². The Labute approximate surface area is 230 Å². The first kappa shape index (κ1) is 29.9. The molecule has 2 amide bonds. The number of carbonyl (C=O) groups is 2. The molecule has 2 aromatic carbocycles. The molecule has 0 radical (unpaired) electrons. The normalized spacial score (nSPS) is 15.1. The number of hydrogen-bond donors (Lipinski definition) is 1. The Hall–Kier alpha value is -2.65. The van der Waals surface area contributed by atoms with Gasteiger partial charge in [-0.05, 0) is 61.6 Å². The Morgan fingerprint density at radius 1 is 1.11 bits per heavy atom. The second kappa shape index (κ2) is 13.9. The van der Waals surface area contributed by atoms with Crippen LogP contribution in [-0.4, -0.2) is 50.0 Å². The van der Waals surface area contributed by atoms with Crippen molar-refractivity contribution in [3.05, 3.63) is 64.9 Å². The molecule has 0 spiro atoms. The maximum absolute atomic E-state index is 13.5. The number of anilines is 1. The largest absolute Gasteiger partial charge is 0.352 e. The van der Waals surface area contributed by atoms with Gasteiger partial charge in [-0.2, -0.15) is 0 Å². The summed E-state index contributed by atoms with van der Waals surface area (Å²) in [6.45, 7) is 2.10. The molecule has 0 aromatic heterocycles. The number of carbonyl (C=O) groups excluding carboxylic acids is 2. The van der Waals surface area contributed by atoms with Crippen LogP contribution in [0.2, 0.25) is 5.02 Å².